The van der Waals surface area contributed by atoms with Crippen molar-refractivity contribution >= 4 is 17.5 Å². The molecule has 6 heteroatoms. The van der Waals surface area contributed by atoms with Crippen molar-refractivity contribution < 1.29 is 14.3 Å². The van der Waals surface area contributed by atoms with Gasteiger partial charge in [-0.15, -0.1) is 0 Å². The fourth-order valence-electron chi connectivity index (χ4n) is 3.39. The van der Waals surface area contributed by atoms with Crippen LogP contribution in [0.1, 0.15) is 26.3 Å². The number of ether oxygens (including phenoxy) is 1. The van der Waals surface area contributed by atoms with Crippen LogP contribution >= 0.6 is 0 Å². The van der Waals surface area contributed by atoms with Gasteiger partial charge in [-0.25, -0.2) is 0 Å². The molecule has 3 aromatic carbocycles. The molecular weight excluding hydrogens is 414 g/mol. The smallest absolute Gasteiger partial charge is 0.255 e. The number of hydrogen-bond donors (Lipinski definition) is 2. The maximum atomic E-state index is 12.8. The Balaban J connectivity index is 1.46. The quantitative estimate of drug-likeness (QED) is 0.429. The van der Waals surface area contributed by atoms with Crippen LogP contribution in [0.5, 0.6) is 5.75 Å². The molecule has 0 saturated carbocycles. The first-order chi connectivity index (χ1) is 16.1. The Kier molecular flexibility index (Phi) is 6.75. The fraction of sp³-hybridized carbons (Fsp3) is 0.0741. The Morgan fingerprint density at radius 3 is 2.30 bits per heavy atom. The van der Waals surface area contributed by atoms with Gasteiger partial charge in [0.2, 0.25) is 0 Å². The average molecular weight is 437 g/mol. The standard InChI is InChI=1S/C27H23N3O3/c1-33-25-14-13-23(16-24(25)27(32)29-18-19-6-5-15-28-17-19)30-26(31)22-11-9-21(10-12-22)20-7-3-2-4-8-20/h2-17H,18H2,1H3,(H,29,32)(H,30,31). The molecule has 0 unspecified atom stereocenters. The first-order valence-corrected chi connectivity index (χ1v) is 10.5. The summed E-state index contributed by atoms with van der Waals surface area (Å²) in [6.45, 7) is 0.334. The highest BCUT2D eigenvalue weighted by Crippen LogP contribution is 2.24. The Labute approximate surface area is 192 Å². The summed E-state index contributed by atoms with van der Waals surface area (Å²) < 4.78 is 5.33. The van der Waals surface area contributed by atoms with Gasteiger partial charge in [0.15, 0.2) is 0 Å². The van der Waals surface area contributed by atoms with Crippen molar-refractivity contribution in [2.75, 3.05) is 12.4 Å². The second-order valence-electron chi connectivity index (χ2n) is 7.36. The normalized spacial score (nSPS) is 10.3. The van der Waals surface area contributed by atoms with Crippen LogP contribution in [0.15, 0.2) is 97.3 Å². The Morgan fingerprint density at radius 2 is 1.61 bits per heavy atom. The lowest BCUT2D eigenvalue weighted by Gasteiger charge is -2.12. The summed E-state index contributed by atoms with van der Waals surface area (Å²) in [5, 5.41) is 5.71. The molecule has 0 spiro atoms. The number of benzene rings is 3. The number of carbonyl (C=O) groups excluding carboxylic acids is 2. The van der Waals surface area contributed by atoms with Gasteiger partial charge in [0.25, 0.3) is 11.8 Å². The molecule has 1 heterocycles. The van der Waals surface area contributed by atoms with E-state index in [4.69, 9.17) is 4.74 Å². The monoisotopic (exact) mass is 437 g/mol. The van der Waals surface area contributed by atoms with E-state index in [-0.39, 0.29) is 11.8 Å². The van der Waals surface area contributed by atoms with Crippen molar-refractivity contribution in [1.82, 2.24) is 10.3 Å². The Hall–Kier alpha value is -4.45. The summed E-state index contributed by atoms with van der Waals surface area (Å²) in [6, 6.07) is 26.0. The third-order valence-electron chi connectivity index (χ3n) is 5.13. The number of amides is 2. The first-order valence-electron chi connectivity index (χ1n) is 10.5. The van der Waals surface area contributed by atoms with E-state index in [0.717, 1.165) is 16.7 Å². The van der Waals surface area contributed by atoms with Crippen molar-refractivity contribution in [3.05, 3.63) is 114 Å². The minimum atomic E-state index is -0.306. The zero-order valence-electron chi connectivity index (χ0n) is 18.1. The molecule has 4 rings (SSSR count). The molecule has 33 heavy (non-hydrogen) atoms. The molecule has 164 valence electrons. The number of nitrogens with zero attached hydrogens (tertiary/aromatic N) is 1. The van der Waals surface area contributed by atoms with Gasteiger partial charge < -0.3 is 15.4 Å². The molecule has 0 radical (unpaired) electrons. The van der Waals surface area contributed by atoms with Gasteiger partial charge in [-0.1, -0.05) is 48.5 Å². The van der Waals surface area contributed by atoms with Gasteiger partial charge in [0.1, 0.15) is 5.75 Å². The molecular formula is C27H23N3O3. The van der Waals surface area contributed by atoms with E-state index >= 15 is 0 Å². The molecule has 2 N–H and O–H groups in total. The Morgan fingerprint density at radius 1 is 0.848 bits per heavy atom. The molecule has 4 aromatic rings. The highest BCUT2D eigenvalue weighted by Gasteiger charge is 2.15. The molecule has 0 saturated heterocycles. The van der Waals surface area contributed by atoms with Crippen molar-refractivity contribution in [2.24, 2.45) is 0 Å². The van der Waals surface area contributed by atoms with E-state index in [0.29, 0.717) is 29.1 Å². The van der Waals surface area contributed by atoms with Gasteiger partial charge in [0, 0.05) is 30.2 Å². The van der Waals surface area contributed by atoms with Crippen LogP contribution in [0.25, 0.3) is 11.1 Å². The molecule has 0 aliphatic heterocycles. The third kappa shape index (κ3) is 5.43. The van der Waals surface area contributed by atoms with Crippen LogP contribution < -0.4 is 15.4 Å². The van der Waals surface area contributed by atoms with Crippen LogP contribution in [0.4, 0.5) is 5.69 Å². The topological polar surface area (TPSA) is 80.3 Å². The number of anilines is 1. The number of pyridine rings is 1. The average Bonchev–Trinajstić information content (AvgIpc) is 2.88. The first kappa shape index (κ1) is 21.8. The van der Waals surface area contributed by atoms with Gasteiger partial charge in [-0.3, -0.25) is 14.6 Å². The highest BCUT2D eigenvalue weighted by molar-refractivity contribution is 6.05. The van der Waals surface area contributed by atoms with Crippen LogP contribution in [0.3, 0.4) is 0 Å². The predicted molar refractivity (Wildman–Crippen MR) is 128 cm³/mol. The number of nitrogens with one attached hydrogen (secondary N) is 2. The zero-order valence-corrected chi connectivity index (χ0v) is 18.1. The summed E-state index contributed by atoms with van der Waals surface area (Å²) in [5.74, 6) is -0.149. The van der Waals surface area contributed by atoms with Gasteiger partial charge in [-0.05, 0) is 53.1 Å². The minimum Gasteiger partial charge on any atom is -0.496 e. The molecule has 0 fully saturated rings. The van der Waals surface area contributed by atoms with Crippen LogP contribution in [0, 0.1) is 0 Å². The maximum absolute atomic E-state index is 12.8. The number of aromatic nitrogens is 1. The maximum Gasteiger partial charge on any atom is 0.255 e. The number of methoxy groups -OCH3 is 1. The summed E-state index contributed by atoms with van der Waals surface area (Å²) in [5.41, 5.74) is 4.35. The van der Waals surface area contributed by atoms with Gasteiger partial charge >= 0.3 is 0 Å². The lowest BCUT2D eigenvalue weighted by atomic mass is 10.0. The highest BCUT2D eigenvalue weighted by atomic mass is 16.5. The van der Waals surface area contributed by atoms with E-state index < -0.39 is 0 Å². The van der Waals surface area contributed by atoms with Crippen molar-refractivity contribution in [2.45, 2.75) is 6.54 Å². The molecule has 2 amide bonds. The lowest BCUT2D eigenvalue weighted by molar-refractivity contribution is 0.0946. The minimum absolute atomic E-state index is 0.263. The van der Waals surface area contributed by atoms with Crippen molar-refractivity contribution in [1.29, 1.82) is 0 Å². The van der Waals surface area contributed by atoms with E-state index in [2.05, 4.69) is 15.6 Å². The molecule has 0 aliphatic rings. The molecule has 0 aliphatic carbocycles. The van der Waals surface area contributed by atoms with Crippen molar-refractivity contribution in [3.8, 4) is 16.9 Å². The fourth-order valence-corrected chi connectivity index (χ4v) is 3.39. The number of rotatable bonds is 7. The largest absolute Gasteiger partial charge is 0.496 e. The van der Waals surface area contributed by atoms with Gasteiger partial charge in [0.05, 0.1) is 12.7 Å². The summed E-state index contributed by atoms with van der Waals surface area (Å²) >= 11 is 0. The SMILES string of the molecule is COc1ccc(NC(=O)c2ccc(-c3ccccc3)cc2)cc1C(=O)NCc1cccnc1. The van der Waals surface area contributed by atoms with Crippen molar-refractivity contribution in [3.63, 3.8) is 0 Å². The van der Waals surface area contributed by atoms with E-state index in [1.54, 1.807) is 42.7 Å². The number of carbonyl (C=O) groups is 2. The van der Waals surface area contributed by atoms with E-state index in [1.807, 2.05) is 54.6 Å². The zero-order chi connectivity index (χ0) is 23.0. The van der Waals surface area contributed by atoms with E-state index in [9.17, 15) is 9.59 Å². The third-order valence-corrected chi connectivity index (χ3v) is 5.13. The second kappa shape index (κ2) is 10.2. The number of hydrogen-bond acceptors (Lipinski definition) is 4. The summed E-state index contributed by atoms with van der Waals surface area (Å²) in [6.07, 6.45) is 3.37. The van der Waals surface area contributed by atoms with Crippen LogP contribution in [-0.4, -0.2) is 23.9 Å². The predicted octanol–water partition coefficient (Wildman–Crippen LogP) is 4.94. The molecule has 1 aromatic heterocycles. The lowest BCUT2D eigenvalue weighted by Crippen LogP contribution is -2.23. The molecule has 0 atom stereocenters. The van der Waals surface area contributed by atoms with Gasteiger partial charge in [-0.2, -0.15) is 0 Å². The van der Waals surface area contributed by atoms with Crippen LogP contribution in [-0.2, 0) is 6.54 Å². The van der Waals surface area contributed by atoms with E-state index in [1.165, 1.54) is 7.11 Å². The van der Waals surface area contributed by atoms with Crippen LogP contribution in [0.2, 0.25) is 0 Å². The summed E-state index contributed by atoms with van der Waals surface area (Å²) in [7, 11) is 1.50. The second-order valence-corrected chi connectivity index (χ2v) is 7.36. The summed E-state index contributed by atoms with van der Waals surface area (Å²) in [4.78, 5) is 29.6. The Bertz CT molecular complexity index is 1240. The molecule has 0 bridgehead atoms. The molecule has 6 nitrogen and oxygen atoms in total.